The molecule has 0 unspecified atom stereocenters. The second-order valence-electron chi connectivity index (χ2n) is 6.30. The van der Waals surface area contributed by atoms with Crippen LogP contribution in [0.5, 0.6) is 0 Å². The molecule has 0 spiro atoms. The van der Waals surface area contributed by atoms with Crippen molar-refractivity contribution < 1.29 is 10.0 Å². The molecule has 0 saturated heterocycles. The first-order chi connectivity index (χ1) is 9.66. The standard InChI is InChI=1S/C16H21NO3/c18-11-16(8-9-16)15-7-6-13(17(19)20)10-14(15)12-4-2-1-3-5-12/h6-7,10,12,18H,1-5,8-9,11H2. The van der Waals surface area contributed by atoms with Crippen LogP contribution in [0.4, 0.5) is 5.69 Å². The van der Waals surface area contributed by atoms with E-state index in [1.807, 2.05) is 6.07 Å². The summed E-state index contributed by atoms with van der Waals surface area (Å²) >= 11 is 0. The summed E-state index contributed by atoms with van der Waals surface area (Å²) < 4.78 is 0. The minimum Gasteiger partial charge on any atom is -0.395 e. The molecule has 4 nitrogen and oxygen atoms in total. The summed E-state index contributed by atoms with van der Waals surface area (Å²) in [5.41, 5.74) is 2.37. The number of non-ortho nitro benzene ring substituents is 1. The number of aliphatic hydroxyl groups is 1. The molecule has 2 aliphatic rings. The monoisotopic (exact) mass is 275 g/mol. The lowest BCUT2D eigenvalue weighted by Gasteiger charge is -2.27. The van der Waals surface area contributed by atoms with Gasteiger partial charge in [0.05, 0.1) is 11.5 Å². The van der Waals surface area contributed by atoms with Gasteiger partial charge in [-0.3, -0.25) is 10.1 Å². The summed E-state index contributed by atoms with van der Waals surface area (Å²) in [5, 5.41) is 20.7. The van der Waals surface area contributed by atoms with Gasteiger partial charge in [0.25, 0.3) is 5.69 Å². The van der Waals surface area contributed by atoms with Gasteiger partial charge in [-0.15, -0.1) is 0 Å². The number of aliphatic hydroxyl groups excluding tert-OH is 1. The largest absolute Gasteiger partial charge is 0.395 e. The predicted octanol–water partition coefficient (Wildman–Crippen LogP) is 3.67. The van der Waals surface area contributed by atoms with E-state index in [-0.39, 0.29) is 22.6 Å². The fourth-order valence-electron chi connectivity index (χ4n) is 3.56. The Morgan fingerprint density at radius 1 is 1.25 bits per heavy atom. The van der Waals surface area contributed by atoms with Crippen LogP contribution in [0.15, 0.2) is 18.2 Å². The lowest BCUT2D eigenvalue weighted by atomic mass is 9.78. The summed E-state index contributed by atoms with van der Waals surface area (Å²) in [5.74, 6) is 0.433. The highest BCUT2D eigenvalue weighted by atomic mass is 16.6. The highest BCUT2D eigenvalue weighted by molar-refractivity contribution is 5.47. The zero-order chi connectivity index (χ0) is 14.2. The minimum absolute atomic E-state index is 0.109. The van der Waals surface area contributed by atoms with Crippen molar-refractivity contribution in [1.29, 1.82) is 0 Å². The molecular weight excluding hydrogens is 254 g/mol. The third-order valence-corrected chi connectivity index (χ3v) is 5.02. The quantitative estimate of drug-likeness (QED) is 0.673. The van der Waals surface area contributed by atoms with Crippen LogP contribution in [-0.4, -0.2) is 16.6 Å². The van der Waals surface area contributed by atoms with Crippen molar-refractivity contribution in [3.05, 3.63) is 39.4 Å². The van der Waals surface area contributed by atoms with E-state index in [1.54, 1.807) is 12.1 Å². The van der Waals surface area contributed by atoms with Crippen LogP contribution in [0.25, 0.3) is 0 Å². The highest BCUT2D eigenvalue weighted by Gasteiger charge is 2.46. The Morgan fingerprint density at radius 3 is 2.50 bits per heavy atom. The van der Waals surface area contributed by atoms with E-state index in [0.29, 0.717) is 5.92 Å². The van der Waals surface area contributed by atoms with Crippen LogP contribution in [0.3, 0.4) is 0 Å². The van der Waals surface area contributed by atoms with E-state index in [4.69, 9.17) is 0 Å². The van der Waals surface area contributed by atoms with Crippen molar-refractivity contribution in [1.82, 2.24) is 0 Å². The summed E-state index contributed by atoms with van der Waals surface area (Å²) in [4.78, 5) is 10.7. The third-order valence-electron chi connectivity index (χ3n) is 5.02. The Labute approximate surface area is 119 Å². The average molecular weight is 275 g/mol. The second-order valence-corrected chi connectivity index (χ2v) is 6.30. The molecule has 2 aliphatic carbocycles. The number of hydrogen-bond acceptors (Lipinski definition) is 3. The van der Waals surface area contributed by atoms with E-state index in [9.17, 15) is 15.2 Å². The van der Waals surface area contributed by atoms with Crippen molar-refractivity contribution in [2.24, 2.45) is 0 Å². The zero-order valence-electron chi connectivity index (χ0n) is 11.7. The van der Waals surface area contributed by atoms with Crippen LogP contribution in [-0.2, 0) is 5.41 Å². The molecule has 1 aromatic rings. The maximum atomic E-state index is 11.0. The molecule has 0 aromatic heterocycles. The summed E-state index contributed by atoms with van der Waals surface area (Å²) in [6.07, 6.45) is 7.93. The van der Waals surface area contributed by atoms with Gasteiger partial charge in [0.2, 0.25) is 0 Å². The van der Waals surface area contributed by atoms with Crippen molar-refractivity contribution in [3.63, 3.8) is 0 Å². The van der Waals surface area contributed by atoms with Crippen molar-refractivity contribution >= 4 is 5.69 Å². The molecule has 0 bridgehead atoms. The fourth-order valence-corrected chi connectivity index (χ4v) is 3.56. The molecule has 4 heteroatoms. The topological polar surface area (TPSA) is 63.4 Å². The van der Waals surface area contributed by atoms with Gasteiger partial charge in [0.1, 0.15) is 0 Å². The molecule has 108 valence electrons. The van der Waals surface area contributed by atoms with Crippen LogP contribution in [0.1, 0.15) is 62.0 Å². The maximum Gasteiger partial charge on any atom is 0.269 e. The van der Waals surface area contributed by atoms with Crippen molar-refractivity contribution in [2.45, 2.75) is 56.3 Å². The van der Waals surface area contributed by atoms with Gasteiger partial charge in [-0.25, -0.2) is 0 Å². The first kappa shape index (κ1) is 13.6. The number of nitro benzene ring substituents is 1. The molecule has 1 aromatic carbocycles. The Balaban J connectivity index is 2.02. The summed E-state index contributed by atoms with van der Waals surface area (Å²) in [7, 11) is 0. The van der Waals surface area contributed by atoms with Gasteiger partial charge in [0.15, 0.2) is 0 Å². The third kappa shape index (κ3) is 2.33. The minimum atomic E-state index is -0.311. The number of nitrogens with zero attached hydrogens (tertiary/aromatic N) is 1. The average Bonchev–Trinajstić information content (AvgIpc) is 3.28. The molecule has 0 atom stereocenters. The molecule has 20 heavy (non-hydrogen) atoms. The normalized spacial score (nSPS) is 21.6. The molecule has 0 amide bonds. The van der Waals surface area contributed by atoms with E-state index >= 15 is 0 Å². The van der Waals surface area contributed by atoms with E-state index in [1.165, 1.54) is 19.3 Å². The SMILES string of the molecule is O=[N+]([O-])c1ccc(C2(CO)CC2)c(C2CCCCC2)c1. The number of hydrogen-bond donors (Lipinski definition) is 1. The molecule has 0 radical (unpaired) electrons. The smallest absolute Gasteiger partial charge is 0.269 e. The van der Waals surface area contributed by atoms with Gasteiger partial charge in [-0.05, 0) is 42.7 Å². The Kier molecular flexibility index (Phi) is 3.50. The first-order valence-corrected chi connectivity index (χ1v) is 7.56. The van der Waals surface area contributed by atoms with E-state index < -0.39 is 0 Å². The number of rotatable bonds is 4. The Bertz CT molecular complexity index is 516. The number of nitro groups is 1. The van der Waals surface area contributed by atoms with Crippen molar-refractivity contribution in [2.75, 3.05) is 6.61 Å². The summed E-state index contributed by atoms with van der Waals surface area (Å²) in [6, 6.07) is 5.25. The Morgan fingerprint density at radius 2 is 1.95 bits per heavy atom. The lowest BCUT2D eigenvalue weighted by Crippen LogP contribution is -2.17. The lowest BCUT2D eigenvalue weighted by molar-refractivity contribution is -0.385. The molecule has 0 aliphatic heterocycles. The second kappa shape index (κ2) is 5.17. The number of benzene rings is 1. The molecule has 3 rings (SSSR count). The molecule has 2 fully saturated rings. The first-order valence-electron chi connectivity index (χ1n) is 7.56. The van der Waals surface area contributed by atoms with Gasteiger partial charge in [-0.1, -0.05) is 25.3 Å². The van der Waals surface area contributed by atoms with Crippen LogP contribution in [0.2, 0.25) is 0 Å². The van der Waals surface area contributed by atoms with Crippen LogP contribution < -0.4 is 0 Å². The zero-order valence-corrected chi connectivity index (χ0v) is 11.7. The fraction of sp³-hybridized carbons (Fsp3) is 0.625. The van der Waals surface area contributed by atoms with Gasteiger partial charge in [0, 0.05) is 17.5 Å². The van der Waals surface area contributed by atoms with E-state index in [2.05, 4.69) is 0 Å². The molecule has 1 N–H and O–H groups in total. The van der Waals surface area contributed by atoms with Gasteiger partial charge >= 0.3 is 0 Å². The summed E-state index contributed by atoms with van der Waals surface area (Å²) in [6.45, 7) is 0.157. The predicted molar refractivity (Wildman–Crippen MR) is 76.9 cm³/mol. The van der Waals surface area contributed by atoms with Gasteiger partial charge in [-0.2, -0.15) is 0 Å². The molecule has 2 saturated carbocycles. The van der Waals surface area contributed by atoms with E-state index in [0.717, 1.165) is 36.8 Å². The van der Waals surface area contributed by atoms with Crippen molar-refractivity contribution in [3.8, 4) is 0 Å². The van der Waals surface area contributed by atoms with Crippen LogP contribution in [0, 0.1) is 10.1 Å². The molecule has 0 heterocycles. The highest BCUT2D eigenvalue weighted by Crippen LogP contribution is 2.51. The van der Waals surface area contributed by atoms with Gasteiger partial charge < -0.3 is 5.11 Å². The maximum absolute atomic E-state index is 11.0. The molecular formula is C16H21NO3. The Hall–Kier alpha value is -1.42. The van der Waals surface area contributed by atoms with Crippen LogP contribution >= 0.6 is 0 Å².